The van der Waals surface area contributed by atoms with E-state index in [4.69, 9.17) is 0 Å². The van der Waals surface area contributed by atoms with Gasteiger partial charge in [0.2, 0.25) is 0 Å². The summed E-state index contributed by atoms with van der Waals surface area (Å²) in [6.07, 6.45) is 0. The quantitative estimate of drug-likeness (QED) is 0.0532. The van der Waals surface area contributed by atoms with Crippen molar-refractivity contribution in [1.29, 1.82) is 0 Å². The molecule has 0 bridgehead atoms. The normalized spacial score (nSPS) is 9.98. The summed E-state index contributed by atoms with van der Waals surface area (Å²) in [4.78, 5) is 0. The van der Waals surface area contributed by atoms with Crippen LogP contribution in [0.15, 0.2) is 212 Å². The van der Waals surface area contributed by atoms with Gasteiger partial charge in [-0.15, -0.1) is 5.92 Å². The van der Waals surface area contributed by atoms with Crippen LogP contribution in [0.2, 0.25) is 0 Å². The topological polar surface area (TPSA) is 0 Å². The fraction of sp³-hybridized carbons (Fsp3) is 0.0851. The average Bonchev–Trinajstić information content (AvgIpc) is 3.76. The Morgan fingerprint density at radius 2 is 0.608 bits per heavy atom. The molecule has 0 aromatic heterocycles. The van der Waals surface area contributed by atoms with E-state index in [0.717, 1.165) is 0 Å². The number of hydrogen-bond acceptors (Lipinski definition) is 1. The number of benzene rings is 6. The van der Waals surface area contributed by atoms with Crippen LogP contribution >= 0.6 is 15.8 Å². The van der Waals surface area contributed by atoms with Gasteiger partial charge in [0.25, 0.3) is 0 Å². The molecule has 0 spiro atoms. The smallest absolute Gasteiger partial charge is 0.725 e. The molecule has 0 unspecified atom stereocenters. The molecule has 4 heteroatoms. The van der Waals surface area contributed by atoms with Gasteiger partial charge in [0.15, 0.2) is 0 Å². The average molecular weight is 806 g/mol. The van der Waals surface area contributed by atoms with Gasteiger partial charge >= 0.3 is 19.5 Å². The van der Waals surface area contributed by atoms with E-state index in [1.807, 2.05) is 51.1 Å². The minimum absolute atomic E-state index is 0. The molecule has 7 aromatic rings. The molecule has 0 amide bonds. The Morgan fingerprint density at radius 3 is 0.725 bits per heavy atom. The van der Waals surface area contributed by atoms with Crippen molar-refractivity contribution in [3.8, 4) is 11.2 Å². The van der Waals surface area contributed by atoms with E-state index >= 15 is 0 Å². The van der Waals surface area contributed by atoms with Crippen LogP contribution in [0.25, 0.3) is 0 Å². The molecule has 0 aliphatic carbocycles. The van der Waals surface area contributed by atoms with Crippen molar-refractivity contribution in [3.63, 3.8) is 0 Å². The predicted octanol–water partition coefficient (Wildman–Crippen LogP) is 9.30. The minimum Gasteiger partial charge on any atom is -0.725 e. The van der Waals surface area contributed by atoms with Gasteiger partial charge in [-0.05, 0) is 93.6 Å². The minimum atomic E-state index is -0.877. The van der Waals surface area contributed by atoms with Crippen LogP contribution in [0, 0.1) is 16.6 Å². The zero-order valence-electron chi connectivity index (χ0n) is 29.5. The molecule has 0 fully saturated rings. The Labute approximate surface area is 327 Å². The molecule has 0 heterocycles. The number of hydrogen-bond donors (Lipinski definition) is 0. The van der Waals surface area contributed by atoms with Gasteiger partial charge in [-0.25, -0.2) is 17.4 Å². The summed E-state index contributed by atoms with van der Waals surface area (Å²) in [6.45, 7) is 6.10. The Bertz CT molecular complexity index is 1590. The maximum absolute atomic E-state index is 4.44. The Kier molecular flexibility index (Phi) is 19.0. The zero-order chi connectivity index (χ0) is 35.3. The van der Waals surface area contributed by atoms with Gasteiger partial charge in [0, 0.05) is 5.41 Å². The van der Waals surface area contributed by atoms with Crippen LogP contribution < -0.4 is 31.8 Å². The first kappa shape index (κ1) is 41.4. The van der Waals surface area contributed by atoms with Gasteiger partial charge in [-0.1, -0.05) is 109 Å². The third-order valence-corrected chi connectivity index (χ3v) is 12.9. The van der Waals surface area contributed by atoms with Crippen LogP contribution in [0.5, 0.6) is 0 Å². The standard InChI is InChI=1S/2C18H15P.C6H10S.C5H5.Ru/c2*1-4-10-16(11-5-1)19(17-12-6-2-7-13-17)18-14-8-3-9-15-18;1-6(2,3)4-5-7;1-2-4-5-3-1;/h2*1-15H;7H,1-3H3;1-5H;/q;;;-1;+6/p+1. The van der Waals surface area contributed by atoms with Crippen LogP contribution in [-0.2, 0) is 32.1 Å². The molecule has 0 aliphatic rings. The van der Waals surface area contributed by atoms with Crippen molar-refractivity contribution in [2.75, 3.05) is 0 Å². The van der Waals surface area contributed by atoms with Crippen molar-refractivity contribution >= 4 is 60.3 Å². The molecule has 51 heavy (non-hydrogen) atoms. The zero-order valence-corrected chi connectivity index (χ0v) is 34.0. The second-order valence-corrected chi connectivity index (χ2v) is 17.6. The molecule has 0 nitrogen and oxygen atoms in total. The molecule has 0 saturated carbocycles. The molecule has 7 rings (SSSR count). The summed E-state index contributed by atoms with van der Waals surface area (Å²) < 4.78 is 0. The van der Waals surface area contributed by atoms with Crippen molar-refractivity contribution in [3.05, 3.63) is 212 Å². The molecule has 0 atom stereocenters. The maximum atomic E-state index is 4.44. The van der Waals surface area contributed by atoms with E-state index in [9.17, 15) is 0 Å². The van der Waals surface area contributed by atoms with Gasteiger partial charge in [-0.2, -0.15) is 18.2 Å². The van der Waals surface area contributed by atoms with Gasteiger partial charge < -0.3 is 12.6 Å². The van der Waals surface area contributed by atoms with Crippen LogP contribution in [-0.4, -0.2) is 0 Å². The van der Waals surface area contributed by atoms with Crippen molar-refractivity contribution in [2.24, 2.45) is 5.41 Å². The fourth-order valence-corrected chi connectivity index (χ4v) is 10.6. The van der Waals surface area contributed by atoms with E-state index in [-0.39, 0.29) is 24.9 Å². The van der Waals surface area contributed by atoms with E-state index in [1.54, 1.807) is 0 Å². The number of rotatable bonds is 6. The van der Waals surface area contributed by atoms with Crippen LogP contribution in [0.4, 0.5) is 0 Å². The van der Waals surface area contributed by atoms with Crippen molar-refractivity contribution in [2.45, 2.75) is 20.8 Å². The third-order valence-electron chi connectivity index (χ3n) is 7.36. The van der Waals surface area contributed by atoms with Crippen LogP contribution in [0.3, 0.4) is 0 Å². The van der Waals surface area contributed by atoms with Gasteiger partial charge in [0.1, 0.15) is 31.8 Å². The maximum Gasteiger partial charge on any atom is 6.00 e. The summed E-state index contributed by atoms with van der Waals surface area (Å²) in [5, 5.41) is 11.1. The van der Waals surface area contributed by atoms with Crippen molar-refractivity contribution in [1.82, 2.24) is 0 Å². The molecule has 0 aliphatic heterocycles. The van der Waals surface area contributed by atoms with Gasteiger partial charge in [0.05, 0.1) is 15.8 Å². The Hall–Kier alpha value is -4.07. The summed E-state index contributed by atoms with van der Waals surface area (Å²) in [5.41, 5.74) is 0.0851. The summed E-state index contributed by atoms with van der Waals surface area (Å²) in [7, 11) is -1.75. The van der Waals surface area contributed by atoms with Gasteiger partial charge in [-0.3, -0.25) is 0 Å². The summed E-state index contributed by atoms with van der Waals surface area (Å²) in [6, 6.07) is 75.0. The summed E-state index contributed by atoms with van der Waals surface area (Å²) >= 11 is 4.44. The first-order valence-corrected chi connectivity index (χ1v) is 20.2. The second kappa shape index (κ2) is 23.4. The molecule has 7 aromatic carbocycles. The first-order chi connectivity index (χ1) is 24.5. The first-order valence-electron chi connectivity index (χ1n) is 16.8. The predicted molar refractivity (Wildman–Crippen MR) is 230 cm³/mol. The molecule has 0 saturated heterocycles. The molecule has 0 radical (unpaired) electrons. The second-order valence-electron chi connectivity index (χ2n) is 12.4. The van der Waals surface area contributed by atoms with E-state index < -0.39 is 15.8 Å². The SMILES string of the molecule is CC(C)(C)C#C[S-].[Ru+6].c1cc[cH-]c1.c1ccc([PH+](c2ccccc2)c2ccccc2)cc1.c1ccc([PH+](c2ccccc2)c2ccccc2)cc1. The van der Waals surface area contributed by atoms with E-state index in [1.165, 1.54) is 31.8 Å². The molecular weight excluding hydrogens is 760 g/mol. The van der Waals surface area contributed by atoms with E-state index in [2.05, 4.69) is 206 Å². The third kappa shape index (κ3) is 15.0. The largest absolute Gasteiger partial charge is 6.00 e. The Morgan fingerprint density at radius 1 is 0.392 bits per heavy atom. The summed E-state index contributed by atoms with van der Waals surface area (Å²) in [5.74, 6) is 2.85. The van der Waals surface area contributed by atoms with Crippen molar-refractivity contribution < 1.29 is 19.5 Å². The monoisotopic (exact) mass is 806 g/mol. The molecular formula is C47H46P2RuS+6. The fourth-order valence-electron chi connectivity index (χ4n) is 5.10. The van der Waals surface area contributed by atoms with Crippen LogP contribution in [0.1, 0.15) is 20.8 Å². The Balaban J connectivity index is 0.000000206. The van der Waals surface area contributed by atoms with E-state index in [0.29, 0.717) is 0 Å². The molecule has 0 N–H and O–H groups in total. The molecule has 252 valence electrons.